The molecule has 1 aliphatic rings. The van der Waals surface area contributed by atoms with Gasteiger partial charge in [0, 0.05) is 0 Å². The number of hydrazine groups is 1. The molecule has 2 unspecified atom stereocenters. The van der Waals surface area contributed by atoms with Gasteiger partial charge in [-0.15, -0.1) is 0 Å². The average molecular weight is 304 g/mol. The Kier molecular flexibility index (Phi) is 4.47. The molecule has 5 nitrogen and oxygen atoms in total. The summed E-state index contributed by atoms with van der Waals surface area (Å²) in [4.78, 5) is 12.2. The van der Waals surface area contributed by atoms with E-state index < -0.39 is 17.4 Å². The van der Waals surface area contributed by atoms with Gasteiger partial charge in [0.25, 0.3) is 0 Å². The van der Waals surface area contributed by atoms with E-state index in [1.807, 2.05) is 44.2 Å². The van der Waals surface area contributed by atoms with E-state index in [4.69, 9.17) is 4.74 Å². The number of ether oxygens (including phenoxy) is 1. The number of hydrogen-bond donors (Lipinski definition) is 2. The number of anilines is 1. The first-order valence-corrected chi connectivity index (χ1v) is 7.47. The molecule has 0 radical (unpaired) electrons. The fourth-order valence-electron chi connectivity index (χ4n) is 2.47. The highest BCUT2D eigenvalue weighted by molar-refractivity contribution is 5.74. The molecule has 120 valence electrons. The Morgan fingerprint density at radius 2 is 1.95 bits per heavy atom. The molecule has 5 heteroatoms. The third-order valence-electron chi connectivity index (χ3n) is 4.12. The molecule has 1 fully saturated rings. The van der Waals surface area contributed by atoms with Crippen LogP contribution in [0.4, 0.5) is 10.5 Å². The van der Waals surface area contributed by atoms with Crippen molar-refractivity contribution in [2.45, 2.75) is 51.9 Å². The number of rotatable bonds is 5. The average Bonchev–Trinajstić information content (AvgIpc) is 2.60. The zero-order valence-electron chi connectivity index (χ0n) is 13.6. The van der Waals surface area contributed by atoms with Gasteiger partial charge in [-0.3, -0.25) is 5.43 Å². The Morgan fingerprint density at radius 1 is 1.32 bits per heavy atom. The lowest BCUT2D eigenvalue weighted by Crippen LogP contribution is -2.56. The summed E-state index contributed by atoms with van der Waals surface area (Å²) in [7, 11) is 0. The van der Waals surface area contributed by atoms with Crippen LogP contribution in [0, 0.1) is 0 Å². The minimum atomic E-state index is -1.45. The van der Waals surface area contributed by atoms with Gasteiger partial charge in [-0.05, 0) is 52.7 Å². The van der Waals surface area contributed by atoms with E-state index in [1.54, 1.807) is 13.8 Å². The van der Waals surface area contributed by atoms with E-state index in [9.17, 15) is 9.90 Å². The molecule has 2 N–H and O–H groups in total. The highest BCUT2D eigenvalue weighted by Gasteiger charge is 2.59. The molecule has 0 aromatic heterocycles. The van der Waals surface area contributed by atoms with Gasteiger partial charge in [0.05, 0.1) is 5.69 Å². The summed E-state index contributed by atoms with van der Waals surface area (Å²) in [6, 6.07) is 9.23. The molecule has 0 saturated carbocycles. The number of allylic oxidation sites excluding steroid dienone is 2. The second kappa shape index (κ2) is 6.01. The van der Waals surface area contributed by atoms with Crippen LogP contribution in [0.25, 0.3) is 0 Å². The second-order valence-electron chi connectivity index (χ2n) is 6.25. The number of hydrogen-bond acceptors (Lipinski definition) is 4. The molecular formula is C17H24N2O3. The predicted molar refractivity (Wildman–Crippen MR) is 86.1 cm³/mol. The van der Waals surface area contributed by atoms with E-state index in [0.29, 0.717) is 12.1 Å². The summed E-state index contributed by atoms with van der Waals surface area (Å²) < 4.78 is 5.48. The van der Waals surface area contributed by atoms with Gasteiger partial charge in [0.1, 0.15) is 0 Å². The monoisotopic (exact) mass is 304 g/mol. The number of amides is 1. The number of para-hydroxylation sites is 1. The molecule has 1 saturated heterocycles. The van der Waals surface area contributed by atoms with E-state index in [2.05, 4.69) is 11.5 Å². The summed E-state index contributed by atoms with van der Waals surface area (Å²) >= 11 is 0. The smallest absolute Gasteiger partial charge is 0.432 e. The predicted octanol–water partition coefficient (Wildman–Crippen LogP) is 3.68. The summed E-state index contributed by atoms with van der Waals surface area (Å²) in [6.45, 7) is 7.39. The van der Waals surface area contributed by atoms with Crippen molar-refractivity contribution in [3.05, 3.63) is 42.0 Å². The minimum Gasteiger partial charge on any atom is -0.437 e. The number of nitrogens with one attached hydrogen (secondary N) is 1. The first-order valence-electron chi connectivity index (χ1n) is 7.47. The number of carbonyl (C=O) groups excluding carboxylic acids is 1. The molecule has 1 aromatic carbocycles. The highest BCUT2D eigenvalue weighted by atomic mass is 16.6. The molecule has 2 rings (SSSR count). The molecule has 1 heterocycles. The van der Waals surface area contributed by atoms with Crippen LogP contribution in [-0.4, -0.2) is 27.5 Å². The fourth-order valence-corrected chi connectivity index (χ4v) is 2.47. The van der Waals surface area contributed by atoms with Crippen LogP contribution in [0.1, 0.15) is 40.5 Å². The van der Waals surface area contributed by atoms with Gasteiger partial charge in [0.15, 0.2) is 11.3 Å². The third kappa shape index (κ3) is 3.09. The van der Waals surface area contributed by atoms with Crippen LogP contribution in [-0.2, 0) is 4.74 Å². The van der Waals surface area contributed by atoms with Crippen LogP contribution >= 0.6 is 0 Å². The van der Waals surface area contributed by atoms with Crippen LogP contribution in [0.15, 0.2) is 42.0 Å². The van der Waals surface area contributed by atoms with Gasteiger partial charge in [-0.25, -0.2) is 4.79 Å². The maximum absolute atomic E-state index is 12.2. The quantitative estimate of drug-likeness (QED) is 0.815. The second-order valence-corrected chi connectivity index (χ2v) is 6.25. The molecule has 1 aromatic rings. The first-order chi connectivity index (χ1) is 10.3. The molecule has 1 amide bonds. The number of aliphatic hydroxyl groups is 1. The van der Waals surface area contributed by atoms with Crippen LogP contribution in [0.5, 0.6) is 0 Å². The lowest BCUT2D eigenvalue weighted by molar-refractivity contribution is -0.133. The Morgan fingerprint density at radius 3 is 2.55 bits per heavy atom. The van der Waals surface area contributed by atoms with Crippen LogP contribution in [0.2, 0.25) is 0 Å². The van der Waals surface area contributed by atoms with Gasteiger partial charge in [0.2, 0.25) is 0 Å². The number of cyclic esters (lactones) is 1. The van der Waals surface area contributed by atoms with Gasteiger partial charge in [-0.1, -0.05) is 29.8 Å². The molecule has 0 aliphatic carbocycles. The molecular weight excluding hydrogens is 280 g/mol. The summed E-state index contributed by atoms with van der Waals surface area (Å²) in [6.07, 6.45) is 2.78. The van der Waals surface area contributed by atoms with Crippen molar-refractivity contribution in [3.63, 3.8) is 0 Å². The topological polar surface area (TPSA) is 61.8 Å². The Bertz CT molecular complexity index is 565. The lowest BCUT2D eigenvalue weighted by atomic mass is 9.89. The Labute approximate surface area is 131 Å². The minimum absolute atomic E-state index is 0.546. The van der Waals surface area contributed by atoms with E-state index in [-0.39, 0.29) is 0 Å². The van der Waals surface area contributed by atoms with Crippen molar-refractivity contribution >= 4 is 11.8 Å². The van der Waals surface area contributed by atoms with Crippen molar-refractivity contribution in [2.24, 2.45) is 0 Å². The summed E-state index contributed by atoms with van der Waals surface area (Å²) in [5.74, 6) is 0. The Balaban J connectivity index is 2.16. The van der Waals surface area contributed by atoms with Crippen molar-refractivity contribution in [1.29, 1.82) is 0 Å². The zero-order valence-corrected chi connectivity index (χ0v) is 13.6. The van der Waals surface area contributed by atoms with Crippen molar-refractivity contribution in [3.8, 4) is 0 Å². The number of benzene rings is 1. The molecule has 0 spiro atoms. The van der Waals surface area contributed by atoms with E-state index >= 15 is 0 Å². The van der Waals surface area contributed by atoms with E-state index in [0.717, 1.165) is 11.4 Å². The largest absolute Gasteiger partial charge is 0.437 e. The standard InChI is InChI=1S/C17H24N2O3/c1-13(2)9-8-12-16(3)17(4,21)19(15(20)22-16)18-14-10-6-5-7-11-14/h5-7,9-11,18,21H,8,12H2,1-4H3. The molecule has 1 aliphatic heterocycles. The normalized spacial score (nSPS) is 27.5. The fraction of sp³-hybridized carbons (Fsp3) is 0.471. The Hall–Kier alpha value is -2.01. The van der Waals surface area contributed by atoms with Crippen molar-refractivity contribution in [2.75, 3.05) is 5.43 Å². The first kappa shape index (κ1) is 16.4. The molecule has 0 bridgehead atoms. The maximum atomic E-state index is 12.2. The third-order valence-corrected chi connectivity index (χ3v) is 4.12. The van der Waals surface area contributed by atoms with Gasteiger partial charge >= 0.3 is 6.09 Å². The van der Waals surface area contributed by atoms with Crippen LogP contribution < -0.4 is 5.43 Å². The zero-order chi connectivity index (χ0) is 16.4. The maximum Gasteiger partial charge on any atom is 0.432 e. The van der Waals surface area contributed by atoms with Gasteiger partial charge < -0.3 is 9.84 Å². The highest BCUT2D eigenvalue weighted by Crippen LogP contribution is 2.40. The number of carbonyl (C=O) groups is 1. The lowest BCUT2D eigenvalue weighted by Gasteiger charge is -2.37. The van der Waals surface area contributed by atoms with Gasteiger partial charge in [-0.2, -0.15) is 5.01 Å². The number of nitrogens with zero attached hydrogens (tertiary/aromatic N) is 1. The SMILES string of the molecule is CC(C)=CCCC1(C)OC(=O)N(Nc2ccccc2)C1(C)O. The summed E-state index contributed by atoms with van der Waals surface area (Å²) in [5.41, 5.74) is 2.42. The molecule has 22 heavy (non-hydrogen) atoms. The summed E-state index contributed by atoms with van der Waals surface area (Å²) in [5, 5.41) is 12.0. The van der Waals surface area contributed by atoms with Crippen molar-refractivity contribution < 1.29 is 14.6 Å². The molecule has 2 atom stereocenters. The van der Waals surface area contributed by atoms with E-state index in [1.165, 1.54) is 5.57 Å². The van der Waals surface area contributed by atoms with Crippen LogP contribution in [0.3, 0.4) is 0 Å². The van der Waals surface area contributed by atoms with Crippen molar-refractivity contribution in [1.82, 2.24) is 5.01 Å².